The van der Waals surface area contributed by atoms with Gasteiger partial charge in [-0.15, -0.1) is 0 Å². The highest BCUT2D eigenvalue weighted by Gasteiger charge is 2.69. The molecule has 3 aliphatic rings. The predicted octanol–water partition coefficient (Wildman–Crippen LogP) is 1.71. The van der Waals surface area contributed by atoms with E-state index in [2.05, 4.69) is 21.3 Å². The zero-order valence-corrected chi connectivity index (χ0v) is 32.2. The minimum Gasteiger partial charge on any atom is -0.444 e. The molecular weight excluding hydrogens is 684 g/mol. The van der Waals surface area contributed by atoms with Crippen molar-refractivity contribution in [2.45, 2.75) is 96.5 Å². The third kappa shape index (κ3) is 10.1. The van der Waals surface area contributed by atoms with E-state index >= 15 is 0 Å². The molecule has 0 aromatic heterocycles. The van der Waals surface area contributed by atoms with Gasteiger partial charge >= 0.3 is 6.09 Å². The van der Waals surface area contributed by atoms with Crippen molar-refractivity contribution < 1.29 is 43.0 Å². The number of piperidine rings is 1. The molecule has 53 heavy (non-hydrogen) atoms. The van der Waals surface area contributed by atoms with Gasteiger partial charge < -0.3 is 40.5 Å². The second-order valence-corrected chi connectivity index (χ2v) is 16.1. The van der Waals surface area contributed by atoms with Gasteiger partial charge in [0.25, 0.3) is 5.91 Å². The maximum absolute atomic E-state index is 14.3. The summed E-state index contributed by atoms with van der Waals surface area (Å²) in [6.07, 6.45) is 3.64. The van der Waals surface area contributed by atoms with Crippen molar-refractivity contribution in [1.29, 1.82) is 0 Å². The van der Waals surface area contributed by atoms with Gasteiger partial charge in [-0.2, -0.15) is 0 Å². The monoisotopic (exact) mass is 740 g/mol. The molecule has 0 bridgehead atoms. The number of hydrogen-bond donors (Lipinski definition) is 4. The summed E-state index contributed by atoms with van der Waals surface area (Å²) >= 11 is 0. The number of ketones is 1. The summed E-state index contributed by atoms with van der Waals surface area (Å²) < 4.78 is 10.7. The van der Waals surface area contributed by atoms with Gasteiger partial charge in [0, 0.05) is 27.7 Å². The van der Waals surface area contributed by atoms with E-state index in [9.17, 15) is 33.6 Å². The minimum absolute atomic E-state index is 0.0215. The average Bonchev–Trinajstić information content (AvgIpc) is 3.41. The second-order valence-electron chi connectivity index (χ2n) is 16.1. The molecule has 2 saturated carbocycles. The lowest BCUT2D eigenvalue weighted by Gasteiger charge is -2.37. The van der Waals surface area contributed by atoms with Gasteiger partial charge in [0.1, 0.15) is 29.8 Å². The first kappa shape index (κ1) is 41.2. The number of carbonyl (C=O) groups is 7. The number of likely N-dealkylation sites (tertiary alicyclic amines) is 1. The first-order valence-corrected chi connectivity index (χ1v) is 18.3. The van der Waals surface area contributed by atoms with Gasteiger partial charge in [-0.1, -0.05) is 63.4 Å². The number of rotatable bonds is 14. The van der Waals surface area contributed by atoms with Crippen LogP contribution in [0.5, 0.6) is 0 Å². The Bertz CT molecular complexity index is 1540. The van der Waals surface area contributed by atoms with Gasteiger partial charge in [-0.25, -0.2) is 4.79 Å². The number of hydrogen-bond acceptors (Lipinski definition) is 9. The topological polar surface area (TPSA) is 193 Å². The molecule has 1 aromatic rings. The van der Waals surface area contributed by atoms with Gasteiger partial charge in [-0.3, -0.25) is 28.8 Å². The van der Waals surface area contributed by atoms with Crippen LogP contribution in [0.15, 0.2) is 30.3 Å². The summed E-state index contributed by atoms with van der Waals surface area (Å²) in [6, 6.07) is 4.29. The van der Waals surface area contributed by atoms with Crippen molar-refractivity contribution in [1.82, 2.24) is 31.1 Å². The number of Topliss-reactive ketones (excluding diaryl/α,β-unsaturated/α-hetero) is 1. The average molecular weight is 741 g/mol. The number of ether oxygens (including phenoxy) is 2. The summed E-state index contributed by atoms with van der Waals surface area (Å²) in [5, 5.41) is 10.3. The Morgan fingerprint density at radius 3 is 2.17 bits per heavy atom. The zero-order chi connectivity index (χ0) is 39.2. The van der Waals surface area contributed by atoms with E-state index in [0.29, 0.717) is 12.1 Å². The number of methoxy groups -OCH3 is 1. The van der Waals surface area contributed by atoms with Crippen LogP contribution in [0.4, 0.5) is 4.79 Å². The first-order chi connectivity index (χ1) is 24.9. The van der Waals surface area contributed by atoms with E-state index in [1.807, 2.05) is 13.8 Å². The zero-order valence-electron chi connectivity index (χ0n) is 32.2. The molecule has 292 valence electrons. The molecule has 3 fully saturated rings. The number of nitrogens with zero attached hydrogens (tertiary/aromatic N) is 2. The number of amides is 6. The van der Waals surface area contributed by atoms with E-state index in [1.165, 1.54) is 16.9 Å². The largest absolute Gasteiger partial charge is 0.444 e. The van der Waals surface area contributed by atoms with Gasteiger partial charge in [0.15, 0.2) is 0 Å². The number of fused-ring (bicyclic) bond motifs is 1. The van der Waals surface area contributed by atoms with Crippen molar-refractivity contribution in [2.24, 2.45) is 23.2 Å². The van der Waals surface area contributed by atoms with Crippen LogP contribution in [0.1, 0.15) is 78.3 Å². The maximum atomic E-state index is 14.3. The lowest BCUT2D eigenvalue weighted by atomic mass is 9.83. The van der Waals surface area contributed by atoms with E-state index in [4.69, 9.17) is 9.47 Å². The molecule has 4 N–H and O–H groups in total. The maximum Gasteiger partial charge on any atom is 0.408 e. The lowest BCUT2D eigenvalue weighted by Crippen LogP contribution is -2.60. The van der Waals surface area contributed by atoms with Crippen molar-refractivity contribution in [3.05, 3.63) is 35.9 Å². The number of carbonyl (C=O) groups excluding carboxylic acids is 7. The predicted molar refractivity (Wildman–Crippen MR) is 194 cm³/mol. The fourth-order valence-corrected chi connectivity index (χ4v) is 7.69. The number of benzene rings is 1. The SMILES string of the molecule is COCC(NC(=O)[C@@H]1[C@@H]2[C@H](CN1C(=O)[C@@H](NC(=O)OC(C)(C)C)C1CCCCC1)C2(C)C)C(=O)C(=O)NCC(=O)N[C@H](C(=O)N(C)C)c1ccccc1. The molecule has 1 aromatic carbocycles. The molecule has 6 amide bonds. The van der Waals surface area contributed by atoms with E-state index in [-0.39, 0.29) is 41.6 Å². The summed E-state index contributed by atoms with van der Waals surface area (Å²) in [7, 11) is 4.41. The van der Waals surface area contributed by atoms with Gasteiger partial charge in [-0.05, 0) is 62.3 Å². The molecule has 15 heteroatoms. The standard InChI is InChI=1S/C38H56N6O9/c1-37(2,3)53-36(51)42-29(23-17-13-10-14-18-23)35(50)44-20-24-27(38(24,4)5)30(44)32(47)40-25(21-52-8)31(46)33(48)39-19-26(45)41-28(34(49)43(6)7)22-15-11-9-12-16-22/h9,11-12,15-16,23-25,27-30H,10,13-14,17-21H2,1-8H3,(H,39,48)(H,40,47)(H,41,45)(H,42,51)/t24-,25?,27-,28-,29-,30-/m0/s1. The molecule has 1 saturated heterocycles. The number of alkyl carbamates (subject to hydrolysis) is 1. The minimum atomic E-state index is -1.42. The van der Waals surface area contributed by atoms with Crippen LogP contribution in [0.2, 0.25) is 0 Å². The molecular formula is C38H56N6O9. The van der Waals surface area contributed by atoms with Crippen LogP contribution in [0.3, 0.4) is 0 Å². The van der Waals surface area contributed by atoms with Crippen molar-refractivity contribution in [3.8, 4) is 0 Å². The van der Waals surface area contributed by atoms with Gasteiger partial charge in [0.05, 0.1) is 13.2 Å². The normalized spacial score (nSPS) is 22.3. The van der Waals surface area contributed by atoms with E-state index < -0.39 is 65.9 Å². The Labute approximate surface area is 311 Å². The highest BCUT2D eigenvalue weighted by atomic mass is 16.6. The Morgan fingerprint density at radius 1 is 0.943 bits per heavy atom. The highest BCUT2D eigenvalue weighted by Crippen LogP contribution is 2.65. The van der Waals surface area contributed by atoms with Crippen molar-refractivity contribution >= 4 is 41.4 Å². The molecule has 0 spiro atoms. The Kier molecular flexibility index (Phi) is 13.3. The quantitative estimate of drug-likeness (QED) is 0.206. The van der Waals surface area contributed by atoms with Crippen LogP contribution in [0.25, 0.3) is 0 Å². The Balaban J connectivity index is 1.45. The van der Waals surface area contributed by atoms with Gasteiger partial charge in [0.2, 0.25) is 29.4 Å². The Hall–Kier alpha value is -4.53. The van der Waals surface area contributed by atoms with Crippen LogP contribution in [-0.4, -0.2) is 116 Å². The highest BCUT2D eigenvalue weighted by molar-refractivity contribution is 6.38. The third-order valence-corrected chi connectivity index (χ3v) is 10.5. The number of likely N-dealkylation sites (N-methyl/N-ethyl adjacent to an activating group) is 1. The lowest BCUT2D eigenvalue weighted by molar-refractivity contribution is -0.145. The van der Waals surface area contributed by atoms with E-state index in [1.54, 1.807) is 65.2 Å². The van der Waals surface area contributed by atoms with Crippen LogP contribution >= 0.6 is 0 Å². The molecule has 0 radical (unpaired) electrons. The van der Waals surface area contributed by atoms with Crippen LogP contribution < -0.4 is 21.3 Å². The number of nitrogens with one attached hydrogen (secondary N) is 4. The van der Waals surface area contributed by atoms with Crippen LogP contribution in [0, 0.1) is 23.2 Å². The summed E-state index contributed by atoms with van der Waals surface area (Å²) in [5.41, 5.74) is -0.494. The molecule has 1 unspecified atom stereocenters. The van der Waals surface area contributed by atoms with E-state index in [0.717, 1.165) is 32.1 Å². The van der Waals surface area contributed by atoms with Crippen LogP contribution in [-0.2, 0) is 38.2 Å². The molecule has 4 rings (SSSR count). The summed E-state index contributed by atoms with van der Waals surface area (Å²) in [4.78, 5) is 96.3. The second kappa shape index (κ2) is 17.1. The molecule has 2 aliphatic carbocycles. The molecule has 15 nitrogen and oxygen atoms in total. The molecule has 1 heterocycles. The first-order valence-electron chi connectivity index (χ1n) is 18.3. The fourth-order valence-electron chi connectivity index (χ4n) is 7.69. The fraction of sp³-hybridized carbons (Fsp3) is 0.658. The molecule has 1 aliphatic heterocycles. The third-order valence-electron chi connectivity index (χ3n) is 10.5. The molecule has 6 atom stereocenters. The summed E-state index contributed by atoms with van der Waals surface area (Å²) in [5.74, 6) is -4.61. The van der Waals surface area contributed by atoms with Crippen molar-refractivity contribution in [3.63, 3.8) is 0 Å². The smallest absolute Gasteiger partial charge is 0.408 e. The van der Waals surface area contributed by atoms with Crippen molar-refractivity contribution in [2.75, 3.05) is 40.9 Å². The Morgan fingerprint density at radius 2 is 1.58 bits per heavy atom. The summed E-state index contributed by atoms with van der Waals surface area (Å²) in [6.45, 7) is 8.60.